The summed E-state index contributed by atoms with van der Waals surface area (Å²) in [5, 5.41) is -0.0193. The minimum atomic E-state index is -1.19. The number of alkyl halides is 1. The van der Waals surface area contributed by atoms with Crippen LogP contribution in [0, 0.1) is 11.7 Å². The lowest BCUT2D eigenvalue weighted by molar-refractivity contribution is 0.193. The number of aromatic amines is 1. The first-order valence-corrected chi connectivity index (χ1v) is 9.12. The van der Waals surface area contributed by atoms with E-state index in [4.69, 9.17) is 10.5 Å². The molecule has 1 aromatic heterocycles. The van der Waals surface area contributed by atoms with Gasteiger partial charge in [0.2, 0.25) is 6.86 Å². The highest BCUT2D eigenvalue weighted by Gasteiger charge is 2.34. The van der Waals surface area contributed by atoms with Gasteiger partial charge in [-0.1, -0.05) is 0 Å². The molecule has 0 unspecified atom stereocenters. The van der Waals surface area contributed by atoms with Crippen LogP contribution in [0.2, 0.25) is 0 Å². The molecule has 2 aliphatic rings. The lowest BCUT2D eigenvalue weighted by atomic mass is 10.0. The Labute approximate surface area is 153 Å². The van der Waals surface area contributed by atoms with Crippen molar-refractivity contribution in [3.63, 3.8) is 0 Å². The van der Waals surface area contributed by atoms with Crippen molar-refractivity contribution < 1.29 is 13.5 Å². The molecule has 2 fully saturated rings. The van der Waals surface area contributed by atoms with E-state index in [0.717, 1.165) is 25.3 Å². The number of benzene rings is 1. The van der Waals surface area contributed by atoms with Crippen molar-refractivity contribution in [3.05, 3.63) is 32.7 Å². The zero-order valence-electron chi connectivity index (χ0n) is 15.0. The predicted octanol–water partition coefficient (Wildman–Crippen LogP) is 1.64. The summed E-state index contributed by atoms with van der Waals surface area (Å²) in [5.74, 6) is -0.598. The lowest BCUT2D eigenvalue weighted by Crippen LogP contribution is -2.32. The second-order valence-corrected chi connectivity index (χ2v) is 7.40. The Morgan fingerprint density at radius 1 is 1.37 bits per heavy atom. The molecule has 0 bridgehead atoms. The first-order valence-electron chi connectivity index (χ1n) is 9.12. The molecule has 3 N–H and O–H groups in total. The van der Waals surface area contributed by atoms with Gasteiger partial charge in [0, 0.05) is 25.2 Å². The van der Waals surface area contributed by atoms with E-state index in [1.54, 1.807) is 4.90 Å². The number of hydrogen-bond donors (Lipinski definition) is 2. The van der Waals surface area contributed by atoms with Crippen LogP contribution in [0.15, 0.2) is 15.7 Å². The summed E-state index contributed by atoms with van der Waals surface area (Å²) in [5.41, 5.74) is 4.91. The van der Waals surface area contributed by atoms with Crippen LogP contribution < -0.4 is 26.6 Å². The lowest BCUT2D eigenvalue weighted by Gasteiger charge is -2.25. The van der Waals surface area contributed by atoms with Gasteiger partial charge in [0.05, 0.1) is 5.39 Å². The predicted molar refractivity (Wildman–Crippen MR) is 97.6 cm³/mol. The zero-order chi connectivity index (χ0) is 19.3. The summed E-state index contributed by atoms with van der Waals surface area (Å²) in [7, 11) is 0. The molecular formula is C18H22F2N4O3. The zero-order valence-corrected chi connectivity index (χ0v) is 15.0. The SMILES string of the molecule is C[C@H](N)[C@H]1CCN(c2c(F)cc3c(=O)[nH]c(=O)n(C4CC4)c3c2OCF)C1. The molecule has 2 atom stereocenters. The van der Waals surface area contributed by atoms with Crippen molar-refractivity contribution >= 4 is 16.6 Å². The van der Waals surface area contributed by atoms with Crippen LogP contribution in [0.1, 0.15) is 32.2 Å². The van der Waals surface area contributed by atoms with Crippen molar-refractivity contribution in [2.24, 2.45) is 11.7 Å². The van der Waals surface area contributed by atoms with Crippen LogP contribution in [0.25, 0.3) is 10.9 Å². The van der Waals surface area contributed by atoms with Gasteiger partial charge >= 0.3 is 5.69 Å². The number of rotatable bonds is 5. The number of nitrogens with zero attached hydrogens (tertiary/aromatic N) is 2. The quantitative estimate of drug-likeness (QED) is 0.823. The highest BCUT2D eigenvalue weighted by molar-refractivity contribution is 5.91. The third-order valence-electron chi connectivity index (χ3n) is 5.50. The summed E-state index contributed by atoms with van der Waals surface area (Å²) in [6.07, 6.45) is 2.30. The van der Waals surface area contributed by atoms with Crippen molar-refractivity contribution in [2.75, 3.05) is 24.9 Å². The van der Waals surface area contributed by atoms with Crippen LogP contribution in [-0.4, -0.2) is 35.5 Å². The monoisotopic (exact) mass is 380 g/mol. The smallest absolute Gasteiger partial charge is 0.329 e. The number of fused-ring (bicyclic) bond motifs is 1. The van der Waals surface area contributed by atoms with Crippen molar-refractivity contribution in [1.82, 2.24) is 9.55 Å². The third kappa shape index (κ3) is 2.99. The highest BCUT2D eigenvalue weighted by atomic mass is 19.1. The maximum Gasteiger partial charge on any atom is 0.329 e. The fourth-order valence-corrected chi connectivity index (χ4v) is 3.93. The number of halogens is 2. The van der Waals surface area contributed by atoms with E-state index < -0.39 is 23.9 Å². The van der Waals surface area contributed by atoms with Crippen LogP contribution in [0.4, 0.5) is 14.5 Å². The van der Waals surface area contributed by atoms with E-state index in [1.807, 2.05) is 6.92 Å². The Kier molecular flexibility index (Phi) is 4.41. The van der Waals surface area contributed by atoms with Gasteiger partial charge in [-0.15, -0.1) is 0 Å². The number of H-pyrrole nitrogens is 1. The Morgan fingerprint density at radius 2 is 2.11 bits per heavy atom. The van der Waals surface area contributed by atoms with E-state index in [9.17, 15) is 18.4 Å². The molecule has 7 nitrogen and oxygen atoms in total. The molecule has 0 spiro atoms. The number of nitrogens with two attached hydrogens (primary N) is 1. The molecule has 0 radical (unpaired) electrons. The van der Waals surface area contributed by atoms with Crippen molar-refractivity contribution in [1.29, 1.82) is 0 Å². The molecule has 2 aromatic rings. The standard InChI is InChI=1S/C18H22F2N4O3/c1-9(21)10-4-5-23(7-10)15-13(20)6-12-14(16(15)27-8-19)24(11-2-3-11)18(26)22-17(12)25/h6,9-11H,2-5,7-8,21H2,1H3,(H,22,25,26)/t9-,10-/m0/s1. The van der Waals surface area contributed by atoms with E-state index in [1.165, 1.54) is 4.57 Å². The minimum Gasteiger partial charge on any atom is -0.458 e. The minimum absolute atomic E-state index is 0.0193. The largest absolute Gasteiger partial charge is 0.458 e. The second kappa shape index (κ2) is 6.63. The number of hydrogen-bond acceptors (Lipinski definition) is 5. The first kappa shape index (κ1) is 18.0. The molecule has 4 rings (SSSR count). The molecule has 1 aromatic carbocycles. The molecule has 146 valence electrons. The number of nitrogens with one attached hydrogen (secondary N) is 1. The Balaban J connectivity index is 1.98. The normalized spacial score (nSPS) is 21.0. The van der Waals surface area contributed by atoms with Crippen LogP contribution >= 0.6 is 0 Å². The van der Waals surface area contributed by atoms with Gasteiger partial charge < -0.3 is 15.4 Å². The second-order valence-electron chi connectivity index (χ2n) is 7.40. The first-order chi connectivity index (χ1) is 12.9. The summed E-state index contributed by atoms with van der Waals surface area (Å²) in [6, 6.07) is 0.940. The van der Waals surface area contributed by atoms with E-state index >= 15 is 0 Å². The van der Waals surface area contributed by atoms with E-state index in [2.05, 4.69) is 4.98 Å². The van der Waals surface area contributed by atoms with Crippen LogP contribution in [-0.2, 0) is 0 Å². The molecule has 1 saturated carbocycles. The molecule has 1 saturated heterocycles. The van der Waals surface area contributed by atoms with Gasteiger partial charge in [0.1, 0.15) is 11.2 Å². The summed E-state index contributed by atoms with van der Waals surface area (Å²) < 4.78 is 34.8. The van der Waals surface area contributed by atoms with Gasteiger partial charge in [-0.25, -0.2) is 13.6 Å². The van der Waals surface area contributed by atoms with Gasteiger partial charge in [0.25, 0.3) is 5.56 Å². The summed E-state index contributed by atoms with van der Waals surface area (Å²) in [4.78, 5) is 28.6. The average molecular weight is 380 g/mol. The van der Waals surface area contributed by atoms with E-state index in [-0.39, 0.29) is 40.3 Å². The van der Waals surface area contributed by atoms with Crippen LogP contribution in [0.3, 0.4) is 0 Å². The molecule has 27 heavy (non-hydrogen) atoms. The summed E-state index contributed by atoms with van der Waals surface area (Å²) in [6.45, 7) is 1.74. The number of anilines is 1. The van der Waals surface area contributed by atoms with Crippen molar-refractivity contribution in [2.45, 2.75) is 38.3 Å². The Morgan fingerprint density at radius 3 is 2.70 bits per heavy atom. The fourth-order valence-electron chi connectivity index (χ4n) is 3.93. The molecule has 9 heteroatoms. The highest BCUT2D eigenvalue weighted by Crippen LogP contribution is 2.43. The van der Waals surface area contributed by atoms with Gasteiger partial charge in [-0.05, 0) is 38.2 Å². The van der Waals surface area contributed by atoms with Gasteiger partial charge in [-0.3, -0.25) is 14.3 Å². The molecule has 1 aliphatic carbocycles. The fraction of sp³-hybridized carbons (Fsp3) is 0.556. The topological polar surface area (TPSA) is 93.4 Å². The van der Waals surface area contributed by atoms with Gasteiger partial charge in [-0.2, -0.15) is 0 Å². The Bertz CT molecular complexity index is 997. The molecule has 0 amide bonds. The summed E-state index contributed by atoms with van der Waals surface area (Å²) >= 11 is 0. The molecular weight excluding hydrogens is 358 g/mol. The Hall–Kier alpha value is -2.42. The van der Waals surface area contributed by atoms with Gasteiger partial charge in [0.15, 0.2) is 11.6 Å². The maximum atomic E-state index is 15.0. The molecule has 2 heterocycles. The van der Waals surface area contributed by atoms with Crippen molar-refractivity contribution in [3.8, 4) is 5.75 Å². The number of ether oxygens (including phenoxy) is 1. The maximum absolute atomic E-state index is 15.0. The average Bonchev–Trinajstić information content (AvgIpc) is 3.32. The number of aromatic nitrogens is 2. The molecule has 1 aliphatic heterocycles. The van der Waals surface area contributed by atoms with E-state index in [0.29, 0.717) is 13.1 Å². The van der Waals surface area contributed by atoms with Crippen LogP contribution in [0.5, 0.6) is 5.75 Å². The third-order valence-corrected chi connectivity index (χ3v) is 5.50.